The van der Waals surface area contributed by atoms with E-state index in [1.165, 1.54) is 0 Å². The van der Waals surface area contributed by atoms with Gasteiger partial charge in [-0.2, -0.15) is 0 Å². The molecule has 1 amide bonds. The number of anilines is 1. The molecular formula is C13H7Br3INO. The van der Waals surface area contributed by atoms with Crippen LogP contribution in [0.4, 0.5) is 5.69 Å². The fraction of sp³-hybridized carbons (Fsp3) is 0. The zero-order valence-electron chi connectivity index (χ0n) is 9.38. The summed E-state index contributed by atoms with van der Waals surface area (Å²) in [6.45, 7) is 0. The second-order valence-electron chi connectivity index (χ2n) is 3.68. The number of amides is 1. The average molecular weight is 560 g/mol. The zero-order chi connectivity index (χ0) is 14.0. The highest BCUT2D eigenvalue weighted by atomic mass is 127. The molecule has 0 aromatic heterocycles. The van der Waals surface area contributed by atoms with Gasteiger partial charge in [-0.05, 0) is 78.7 Å². The molecule has 0 saturated carbocycles. The lowest BCUT2D eigenvalue weighted by molar-refractivity contribution is 0.102. The Morgan fingerprint density at radius 2 is 1.74 bits per heavy atom. The Hall–Kier alpha value is 0.0800. The van der Waals surface area contributed by atoms with Crippen molar-refractivity contribution in [2.75, 3.05) is 5.32 Å². The van der Waals surface area contributed by atoms with Gasteiger partial charge in [0.05, 0.1) is 11.3 Å². The Labute approximate surface area is 149 Å². The minimum Gasteiger partial charge on any atom is -0.321 e. The highest BCUT2D eigenvalue weighted by Crippen LogP contribution is 2.29. The highest BCUT2D eigenvalue weighted by Gasteiger charge is 2.14. The maximum atomic E-state index is 12.3. The molecule has 6 heteroatoms. The van der Waals surface area contributed by atoms with Gasteiger partial charge in [0, 0.05) is 17.0 Å². The molecule has 2 rings (SSSR count). The van der Waals surface area contributed by atoms with Crippen molar-refractivity contribution in [1.29, 1.82) is 0 Å². The molecule has 98 valence electrons. The molecule has 0 aliphatic heterocycles. The Morgan fingerprint density at radius 1 is 1.05 bits per heavy atom. The smallest absolute Gasteiger partial charge is 0.256 e. The molecule has 2 nitrogen and oxygen atoms in total. The van der Waals surface area contributed by atoms with Gasteiger partial charge in [0.25, 0.3) is 5.91 Å². The molecule has 0 fully saturated rings. The maximum absolute atomic E-state index is 12.3. The van der Waals surface area contributed by atoms with E-state index in [1.807, 2.05) is 30.3 Å². The Balaban J connectivity index is 2.33. The summed E-state index contributed by atoms with van der Waals surface area (Å²) in [7, 11) is 0. The number of para-hydroxylation sites is 1. The number of nitrogens with one attached hydrogen (secondary N) is 1. The number of carbonyl (C=O) groups is 1. The van der Waals surface area contributed by atoms with Crippen LogP contribution in [-0.2, 0) is 0 Å². The van der Waals surface area contributed by atoms with Crippen LogP contribution in [0.2, 0.25) is 0 Å². The van der Waals surface area contributed by atoms with Crippen molar-refractivity contribution in [3.8, 4) is 0 Å². The molecule has 0 heterocycles. The number of halogens is 4. The van der Waals surface area contributed by atoms with E-state index in [4.69, 9.17) is 0 Å². The first-order chi connectivity index (χ1) is 8.99. The predicted molar refractivity (Wildman–Crippen MR) is 96.7 cm³/mol. The molecule has 0 saturated heterocycles. The third kappa shape index (κ3) is 3.80. The van der Waals surface area contributed by atoms with Crippen LogP contribution in [0, 0.1) is 3.57 Å². The van der Waals surface area contributed by atoms with Crippen molar-refractivity contribution in [2.45, 2.75) is 0 Å². The molecule has 0 aliphatic carbocycles. The Morgan fingerprint density at radius 3 is 2.42 bits per heavy atom. The van der Waals surface area contributed by atoms with E-state index in [0.717, 1.165) is 22.7 Å². The summed E-state index contributed by atoms with van der Waals surface area (Å²) in [5.74, 6) is -0.140. The summed E-state index contributed by atoms with van der Waals surface area (Å²) >= 11 is 12.4. The van der Waals surface area contributed by atoms with Crippen LogP contribution in [0.25, 0.3) is 0 Å². The van der Waals surface area contributed by atoms with Crippen molar-refractivity contribution in [3.63, 3.8) is 0 Å². The summed E-state index contributed by atoms with van der Waals surface area (Å²) in [5, 5.41) is 2.89. The predicted octanol–water partition coefficient (Wildman–Crippen LogP) is 5.83. The molecule has 19 heavy (non-hydrogen) atoms. The number of rotatable bonds is 2. The molecule has 0 spiro atoms. The van der Waals surface area contributed by atoms with Gasteiger partial charge in [0.2, 0.25) is 0 Å². The van der Waals surface area contributed by atoms with Crippen LogP contribution in [0.15, 0.2) is 49.8 Å². The van der Waals surface area contributed by atoms with E-state index in [9.17, 15) is 4.79 Å². The van der Waals surface area contributed by atoms with Crippen LogP contribution >= 0.6 is 70.4 Å². The summed E-state index contributed by atoms with van der Waals surface area (Å²) in [5.41, 5.74) is 1.37. The van der Waals surface area contributed by atoms with E-state index in [0.29, 0.717) is 5.56 Å². The average Bonchev–Trinajstić information content (AvgIpc) is 2.36. The van der Waals surface area contributed by atoms with Gasteiger partial charge in [-0.3, -0.25) is 4.79 Å². The topological polar surface area (TPSA) is 29.1 Å². The molecule has 2 aromatic rings. The van der Waals surface area contributed by atoms with Crippen LogP contribution in [-0.4, -0.2) is 5.91 Å². The lowest BCUT2D eigenvalue weighted by atomic mass is 10.2. The van der Waals surface area contributed by atoms with Crippen molar-refractivity contribution >= 4 is 82.0 Å². The lowest BCUT2D eigenvalue weighted by Crippen LogP contribution is -2.14. The van der Waals surface area contributed by atoms with Crippen molar-refractivity contribution in [1.82, 2.24) is 0 Å². The third-order valence-electron chi connectivity index (χ3n) is 2.36. The first kappa shape index (κ1) is 15.5. The maximum Gasteiger partial charge on any atom is 0.256 e. The standard InChI is InChI=1S/C13H7Br3INO/c14-7-5-8(12(17)10(16)6-7)13(19)18-11-4-2-1-3-9(11)15/h1-6H,(H,18,19). The highest BCUT2D eigenvalue weighted by molar-refractivity contribution is 14.1. The van der Waals surface area contributed by atoms with Crippen molar-refractivity contribution < 1.29 is 4.79 Å². The van der Waals surface area contributed by atoms with E-state index < -0.39 is 0 Å². The van der Waals surface area contributed by atoms with Crippen molar-refractivity contribution in [2.24, 2.45) is 0 Å². The van der Waals surface area contributed by atoms with Gasteiger partial charge in [-0.25, -0.2) is 0 Å². The van der Waals surface area contributed by atoms with Gasteiger partial charge >= 0.3 is 0 Å². The molecular weight excluding hydrogens is 553 g/mol. The van der Waals surface area contributed by atoms with Crippen molar-refractivity contribution in [3.05, 3.63) is 58.9 Å². The number of hydrogen-bond acceptors (Lipinski definition) is 1. The molecule has 0 aliphatic rings. The van der Waals surface area contributed by atoms with Gasteiger partial charge in [0.15, 0.2) is 0 Å². The molecule has 1 N–H and O–H groups in total. The lowest BCUT2D eigenvalue weighted by Gasteiger charge is -2.10. The molecule has 2 aromatic carbocycles. The summed E-state index contributed by atoms with van der Waals surface area (Å²) in [6.07, 6.45) is 0. The van der Waals surface area contributed by atoms with E-state index >= 15 is 0 Å². The van der Waals surface area contributed by atoms with E-state index in [1.54, 1.807) is 6.07 Å². The summed E-state index contributed by atoms with van der Waals surface area (Å²) in [4.78, 5) is 12.3. The van der Waals surface area contributed by atoms with Gasteiger partial charge in [-0.15, -0.1) is 0 Å². The first-order valence-corrected chi connectivity index (χ1v) is 8.65. The van der Waals surface area contributed by atoms with E-state index in [-0.39, 0.29) is 5.91 Å². The molecule has 0 unspecified atom stereocenters. The number of hydrogen-bond donors (Lipinski definition) is 1. The quantitative estimate of drug-likeness (QED) is 0.364. The molecule has 0 bridgehead atoms. The Bertz CT molecular complexity index is 646. The number of benzene rings is 2. The monoisotopic (exact) mass is 557 g/mol. The van der Waals surface area contributed by atoms with Crippen LogP contribution in [0.5, 0.6) is 0 Å². The van der Waals surface area contributed by atoms with Crippen LogP contribution in [0.1, 0.15) is 10.4 Å². The summed E-state index contributed by atoms with van der Waals surface area (Å²) < 4.78 is 3.48. The summed E-state index contributed by atoms with van der Waals surface area (Å²) in [6, 6.07) is 11.2. The van der Waals surface area contributed by atoms with Gasteiger partial charge in [-0.1, -0.05) is 28.1 Å². The van der Waals surface area contributed by atoms with Crippen LogP contribution < -0.4 is 5.32 Å². The third-order valence-corrected chi connectivity index (χ3v) is 6.04. The first-order valence-electron chi connectivity index (χ1n) is 5.19. The fourth-order valence-corrected chi connectivity index (χ4v) is 3.64. The number of carbonyl (C=O) groups excluding carboxylic acids is 1. The normalized spacial score (nSPS) is 10.3. The molecule has 0 radical (unpaired) electrons. The Kier molecular flexibility index (Phi) is 5.45. The minimum absolute atomic E-state index is 0.140. The van der Waals surface area contributed by atoms with Gasteiger partial charge in [0.1, 0.15) is 0 Å². The van der Waals surface area contributed by atoms with E-state index in [2.05, 4.69) is 75.7 Å². The SMILES string of the molecule is O=C(Nc1ccccc1Br)c1cc(Br)cc(Br)c1I. The minimum atomic E-state index is -0.140. The van der Waals surface area contributed by atoms with Gasteiger partial charge < -0.3 is 5.32 Å². The second-order valence-corrected chi connectivity index (χ2v) is 7.39. The largest absolute Gasteiger partial charge is 0.321 e. The zero-order valence-corrected chi connectivity index (χ0v) is 16.3. The second kappa shape index (κ2) is 6.69. The fourth-order valence-electron chi connectivity index (χ4n) is 1.47. The van der Waals surface area contributed by atoms with Crippen LogP contribution in [0.3, 0.4) is 0 Å². The molecule has 0 atom stereocenters.